The Balaban J connectivity index is 2.30. The number of likely N-dealkylation sites (tertiary alicyclic amines) is 1. The highest BCUT2D eigenvalue weighted by atomic mass is 35.5. The summed E-state index contributed by atoms with van der Waals surface area (Å²) in [5.74, 6) is 0.209. The van der Waals surface area contributed by atoms with Gasteiger partial charge in [0.05, 0.1) is 13.2 Å². The van der Waals surface area contributed by atoms with E-state index >= 15 is 0 Å². The number of rotatable bonds is 4. The van der Waals surface area contributed by atoms with Crippen LogP contribution in [0.25, 0.3) is 0 Å². The number of nitrogens with zero attached hydrogens (tertiary/aromatic N) is 1. The zero-order chi connectivity index (χ0) is 18.6. The smallest absolute Gasteiger partial charge is 0.411 e. The van der Waals surface area contributed by atoms with Gasteiger partial charge in [0.15, 0.2) is 6.07 Å². The summed E-state index contributed by atoms with van der Waals surface area (Å²) < 4.78 is 15.6. The van der Waals surface area contributed by atoms with E-state index in [1.54, 1.807) is 27.9 Å². The predicted octanol–water partition coefficient (Wildman–Crippen LogP) is 3.88. The van der Waals surface area contributed by atoms with Gasteiger partial charge in [-0.15, -0.1) is 0 Å². The van der Waals surface area contributed by atoms with Crippen LogP contribution in [0.5, 0.6) is 5.75 Å². The summed E-state index contributed by atoms with van der Waals surface area (Å²) in [7, 11) is 1.59. The maximum Gasteiger partial charge on any atom is 0.411 e. The molecule has 0 spiro atoms. The van der Waals surface area contributed by atoms with Crippen molar-refractivity contribution in [1.29, 1.82) is 0 Å². The third-order valence-electron chi connectivity index (χ3n) is 3.96. The van der Waals surface area contributed by atoms with Crippen molar-refractivity contribution >= 4 is 23.7 Å². The number of amides is 1. The molecule has 1 amide bonds. The molecule has 0 aromatic heterocycles. The molecule has 0 radical (unpaired) electrons. The zero-order valence-electron chi connectivity index (χ0n) is 15.0. The molecule has 1 aliphatic heterocycles. The minimum Gasteiger partial charge on any atom is -0.497 e. The van der Waals surface area contributed by atoms with Gasteiger partial charge in [0.25, 0.3) is 0 Å². The Kier molecular flexibility index (Phi) is 6.16. The lowest BCUT2D eigenvalue weighted by molar-refractivity contribution is -0.147. The van der Waals surface area contributed by atoms with Gasteiger partial charge in [-0.3, -0.25) is 4.90 Å². The summed E-state index contributed by atoms with van der Waals surface area (Å²) in [4.78, 5) is 26.4. The van der Waals surface area contributed by atoms with E-state index in [4.69, 9.17) is 25.8 Å². The van der Waals surface area contributed by atoms with E-state index in [0.29, 0.717) is 12.8 Å². The summed E-state index contributed by atoms with van der Waals surface area (Å²) in [6.45, 7) is 5.36. The number of carbonyl (C=O) groups is 2. The molecule has 0 saturated carbocycles. The summed E-state index contributed by atoms with van der Waals surface area (Å²) in [6, 6.07) is 6.20. The van der Waals surface area contributed by atoms with E-state index in [-0.39, 0.29) is 12.1 Å². The Morgan fingerprint density at radius 1 is 1.20 bits per heavy atom. The van der Waals surface area contributed by atoms with Crippen molar-refractivity contribution < 1.29 is 23.8 Å². The van der Waals surface area contributed by atoms with Crippen molar-refractivity contribution in [2.45, 2.75) is 51.3 Å². The molecule has 1 aromatic rings. The first-order valence-electron chi connectivity index (χ1n) is 8.14. The van der Waals surface area contributed by atoms with Crippen LogP contribution >= 0.6 is 11.6 Å². The molecule has 2 atom stereocenters. The molecule has 0 N–H and O–H groups in total. The molecule has 1 aliphatic rings. The second kappa shape index (κ2) is 7.95. The first-order valence-corrected chi connectivity index (χ1v) is 8.68. The Morgan fingerprint density at radius 3 is 2.36 bits per heavy atom. The second-order valence-corrected chi connectivity index (χ2v) is 7.06. The monoisotopic (exact) mass is 369 g/mol. The van der Waals surface area contributed by atoms with Gasteiger partial charge in [0.2, 0.25) is 0 Å². The Morgan fingerprint density at radius 2 is 1.84 bits per heavy atom. The fourth-order valence-corrected chi connectivity index (χ4v) is 3.02. The second-order valence-electron chi connectivity index (χ2n) is 6.84. The largest absolute Gasteiger partial charge is 0.497 e. The Labute approximate surface area is 153 Å². The highest BCUT2D eigenvalue weighted by molar-refractivity contribution is 6.17. The molecule has 2 unspecified atom stereocenters. The average Bonchev–Trinajstić information content (AvgIpc) is 2.99. The van der Waals surface area contributed by atoms with Crippen LogP contribution in [0.3, 0.4) is 0 Å². The predicted molar refractivity (Wildman–Crippen MR) is 93.6 cm³/mol. The average molecular weight is 370 g/mol. The van der Waals surface area contributed by atoms with Crippen LogP contribution in [0.1, 0.15) is 45.2 Å². The fourth-order valence-electron chi connectivity index (χ4n) is 2.91. The zero-order valence-corrected chi connectivity index (χ0v) is 15.7. The van der Waals surface area contributed by atoms with Crippen molar-refractivity contribution in [3.8, 4) is 5.75 Å². The lowest BCUT2D eigenvalue weighted by atomic mass is 10.0. The molecule has 138 valence electrons. The summed E-state index contributed by atoms with van der Waals surface area (Å²) in [6.07, 6.45) is 0.585. The third-order valence-corrected chi connectivity index (χ3v) is 4.07. The van der Waals surface area contributed by atoms with Gasteiger partial charge in [-0.1, -0.05) is 23.7 Å². The van der Waals surface area contributed by atoms with Crippen LogP contribution in [-0.4, -0.2) is 41.8 Å². The van der Waals surface area contributed by atoms with Crippen LogP contribution in [0.2, 0.25) is 0 Å². The maximum atomic E-state index is 12.7. The number of hydrogen-bond acceptors (Lipinski definition) is 5. The quantitative estimate of drug-likeness (QED) is 0.595. The Hall–Kier alpha value is -1.95. The van der Waals surface area contributed by atoms with Crippen LogP contribution in [0, 0.1) is 0 Å². The lowest BCUT2D eigenvalue weighted by Gasteiger charge is -2.31. The number of ether oxygens (including phenoxy) is 3. The lowest BCUT2D eigenvalue weighted by Crippen LogP contribution is -2.45. The molecule has 6 nitrogen and oxygen atoms in total. The number of alkyl halides is 1. The molecular formula is C18H24ClNO5. The molecule has 1 fully saturated rings. The van der Waals surface area contributed by atoms with Crippen LogP contribution < -0.4 is 4.74 Å². The van der Waals surface area contributed by atoms with E-state index in [2.05, 4.69) is 0 Å². The molecular weight excluding hydrogens is 346 g/mol. The van der Waals surface area contributed by atoms with E-state index in [9.17, 15) is 9.59 Å². The van der Waals surface area contributed by atoms with Crippen molar-refractivity contribution in [1.82, 2.24) is 4.90 Å². The molecule has 2 rings (SSSR count). The standard InChI is InChI=1S/C18H24ClNO5/c1-18(2,3)25-17(22)20-14(9-10-15(20)16(21)24-11-19)12-5-7-13(23-4)8-6-12/h5-8,14-15H,9-11H2,1-4H3. The number of methoxy groups -OCH3 is 1. The van der Waals surface area contributed by atoms with E-state index in [1.165, 1.54) is 4.90 Å². The summed E-state index contributed by atoms with van der Waals surface area (Å²) in [5.41, 5.74) is 0.248. The van der Waals surface area contributed by atoms with Gasteiger partial charge in [0, 0.05) is 0 Å². The topological polar surface area (TPSA) is 65.1 Å². The number of hydrogen-bond donors (Lipinski definition) is 0. The van der Waals surface area contributed by atoms with E-state index < -0.39 is 23.7 Å². The van der Waals surface area contributed by atoms with Gasteiger partial charge in [0.1, 0.15) is 17.4 Å². The number of carbonyl (C=O) groups excluding carboxylic acids is 2. The van der Waals surface area contributed by atoms with Crippen molar-refractivity contribution in [3.63, 3.8) is 0 Å². The SMILES string of the molecule is COc1ccc(C2CCC(C(=O)OCCl)N2C(=O)OC(C)(C)C)cc1. The van der Waals surface area contributed by atoms with Gasteiger partial charge in [-0.25, -0.2) is 9.59 Å². The maximum absolute atomic E-state index is 12.7. The van der Waals surface area contributed by atoms with Crippen LogP contribution in [0.15, 0.2) is 24.3 Å². The molecule has 1 aromatic carbocycles. The van der Waals surface area contributed by atoms with Gasteiger partial charge in [-0.05, 0) is 51.3 Å². The minimum atomic E-state index is -0.708. The Bertz CT molecular complexity index is 611. The number of halogens is 1. The first-order chi connectivity index (χ1) is 11.8. The molecule has 25 heavy (non-hydrogen) atoms. The molecule has 0 aliphatic carbocycles. The highest BCUT2D eigenvalue weighted by Crippen LogP contribution is 2.38. The number of esters is 1. The number of benzene rings is 1. The van der Waals surface area contributed by atoms with E-state index in [1.807, 2.05) is 24.3 Å². The highest BCUT2D eigenvalue weighted by Gasteiger charge is 2.44. The van der Waals surface area contributed by atoms with Crippen molar-refractivity contribution in [2.75, 3.05) is 13.2 Å². The molecule has 1 saturated heterocycles. The molecule has 0 bridgehead atoms. The third kappa shape index (κ3) is 4.78. The normalized spacial score (nSPS) is 20.3. The van der Waals surface area contributed by atoms with Crippen LogP contribution in [-0.2, 0) is 14.3 Å². The minimum absolute atomic E-state index is 0.245. The first kappa shape index (κ1) is 19.4. The fraction of sp³-hybridized carbons (Fsp3) is 0.556. The molecule has 7 heteroatoms. The van der Waals surface area contributed by atoms with Crippen molar-refractivity contribution in [3.05, 3.63) is 29.8 Å². The molecule has 1 heterocycles. The van der Waals surface area contributed by atoms with Gasteiger partial charge >= 0.3 is 12.1 Å². The van der Waals surface area contributed by atoms with Crippen LogP contribution in [0.4, 0.5) is 4.79 Å². The van der Waals surface area contributed by atoms with E-state index in [0.717, 1.165) is 11.3 Å². The van der Waals surface area contributed by atoms with Gasteiger partial charge in [-0.2, -0.15) is 0 Å². The summed E-state index contributed by atoms with van der Waals surface area (Å²) >= 11 is 5.50. The van der Waals surface area contributed by atoms with Crippen molar-refractivity contribution in [2.24, 2.45) is 0 Å². The summed E-state index contributed by atoms with van der Waals surface area (Å²) in [5, 5.41) is 0. The van der Waals surface area contributed by atoms with Gasteiger partial charge < -0.3 is 14.2 Å².